The van der Waals surface area contributed by atoms with E-state index in [2.05, 4.69) is 20.1 Å². The Balaban J connectivity index is 2.26. The molecule has 3 aromatic carbocycles. The monoisotopic (exact) mass is 586 g/mol. The highest BCUT2D eigenvalue weighted by Gasteiger charge is 2.40. The topological polar surface area (TPSA) is 100 Å². The zero-order valence-electron chi connectivity index (χ0n) is 21.7. The predicted molar refractivity (Wildman–Crippen MR) is 136 cm³/mol. The molecule has 0 aromatic heterocycles. The standard InChI is InChI=1S/C28H28F6N2O5/c1-2-25(17-37,18-38)35-24(39)36-26(16-19-8-4-3-5-9-19,20-10-6-12-22(14-20)40-27(29,30)31)21-11-7-13-23(15-21)41-28(32,33)34/h3-15,37-38H,2,16-18H2,1H3,(H2,35,36,39). The average molecular weight is 587 g/mol. The first-order valence-electron chi connectivity index (χ1n) is 12.3. The van der Waals surface area contributed by atoms with Gasteiger partial charge in [-0.05, 0) is 47.4 Å². The number of hydrogen-bond donors (Lipinski definition) is 4. The van der Waals surface area contributed by atoms with Crippen molar-refractivity contribution in [3.63, 3.8) is 0 Å². The lowest BCUT2D eigenvalue weighted by Gasteiger charge is -2.39. The lowest BCUT2D eigenvalue weighted by atomic mass is 9.77. The summed E-state index contributed by atoms with van der Waals surface area (Å²) in [4.78, 5) is 13.4. The minimum atomic E-state index is -5.05. The molecular formula is C28H28F6N2O5. The fourth-order valence-corrected chi connectivity index (χ4v) is 4.29. The second kappa shape index (κ2) is 12.7. The van der Waals surface area contributed by atoms with Crippen molar-refractivity contribution < 1.29 is 50.8 Å². The third-order valence-corrected chi connectivity index (χ3v) is 6.42. The van der Waals surface area contributed by atoms with Crippen LogP contribution in [-0.4, -0.2) is 47.7 Å². The van der Waals surface area contributed by atoms with Gasteiger partial charge in [-0.2, -0.15) is 0 Å². The van der Waals surface area contributed by atoms with Gasteiger partial charge in [0.2, 0.25) is 0 Å². The van der Waals surface area contributed by atoms with Crippen LogP contribution in [0.5, 0.6) is 11.5 Å². The molecule has 0 radical (unpaired) electrons. The first kappa shape index (κ1) is 31.6. The Kier molecular flexibility index (Phi) is 9.77. The molecule has 4 N–H and O–H groups in total. The SMILES string of the molecule is CCC(CO)(CO)NC(=O)NC(Cc1ccccc1)(c1cccc(OC(F)(F)F)c1)c1cccc(OC(F)(F)F)c1. The van der Waals surface area contributed by atoms with Crippen LogP contribution in [0.2, 0.25) is 0 Å². The van der Waals surface area contributed by atoms with Gasteiger partial charge in [-0.3, -0.25) is 0 Å². The molecule has 7 nitrogen and oxygen atoms in total. The normalized spacial score (nSPS) is 12.5. The molecule has 2 amide bonds. The fraction of sp³-hybridized carbons (Fsp3) is 0.321. The minimum Gasteiger partial charge on any atom is -0.406 e. The number of rotatable bonds is 11. The highest BCUT2D eigenvalue weighted by molar-refractivity contribution is 5.77. The van der Waals surface area contributed by atoms with E-state index in [1.54, 1.807) is 37.3 Å². The summed E-state index contributed by atoms with van der Waals surface area (Å²) < 4.78 is 86.7. The van der Waals surface area contributed by atoms with Gasteiger partial charge in [0, 0.05) is 6.42 Å². The molecule has 0 aliphatic heterocycles. The molecule has 13 heteroatoms. The Labute approximate surface area is 231 Å². The summed E-state index contributed by atoms with van der Waals surface area (Å²) in [5.74, 6) is -1.27. The molecule has 0 aliphatic rings. The highest BCUT2D eigenvalue weighted by atomic mass is 19.4. The predicted octanol–water partition coefficient (Wildman–Crippen LogP) is 5.40. The van der Waals surface area contributed by atoms with Gasteiger partial charge in [-0.15, -0.1) is 26.3 Å². The smallest absolute Gasteiger partial charge is 0.406 e. The van der Waals surface area contributed by atoms with E-state index in [0.29, 0.717) is 5.56 Å². The Bertz CT molecular complexity index is 1230. The Morgan fingerprint density at radius 2 is 1.22 bits per heavy atom. The van der Waals surface area contributed by atoms with E-state index < -0.39 is 54.5 Å². The molecule has 0 saturated heterocycles. The van der Waals surface area contributed by atoms with E-state index in [1.165, 1.54) is 24.3 Å². The van der Waals surface area contributed by atoms with Gasteiger partial charge in [0.25, 0.3) is 0 Å². The first-order chi connectivity index (χ1) is 19.2. The fourth-order valence-electron chi connectivity index (χ4n) is 4.29. The zero-order chi connectivity index (χ0) is 30.3. The van der Waals surface area contributed by atoms with Crippen LogP contribution in [0.3, 0.4) is 0 Å². The molecule has 0 bridgehead atoms. The number of ether oxygens (including phenoxy) is 2. The molecule has 0 saturated carbocycles. The van der Waals surface area contributed by atoms with Crippen molar-refractivity contribution in [3.8, 4) is 11.5 Å². The summed E-state index contributed by atoms with van der Waals surface area (Å²) in [6.07, 6.45) is -10.1. The molecule has 222 valence electrons. The molecule has 3 aromatic rings. The van der Waals surface area contributed by atoms with Crippen LogP contribution >= 0.6 is 0 Å². The Morgan fingerprint density at radius 1 is 0.732 bits per heavy atom. The maximum Gasteiger partial charge on any atom is 0.573 e. The van der Waals surface area contributed by atoms with E-state index in [-0.39, 0.29) is 24.0 Å². The van der Waals surface area contributed by atoms with Crippen molar-refractivity contribution in [2.45, 2.75) is 43.6 Å². The molecule has 3 rings (SSSR count). The van der Waals surface area contributed by atoms with Crippen molar-refractivity contribution >= 4 is 6.03 Å². The van der Waals surface area contributed by atoms with Crippen molar-refractivity contribution in [1.29, 1.82) is 0 Å². The minimum absolute atomic E-state index is 0.0255. The van der Waals surface area contributed by atoms with Gasteiger partial charge in [0.1, 0.15) is 11.5 Å². The van der Waals surface area contributed by atoms with Crippen molar-refractivity contribution in [1.82, 2.24) is 10.6 Å². The number of alkyl halides is 6. The summed E-state index contributed by atoms with van der Waals surface area (Å²) in [5.41, 5.74) is -2.67. The van der Waals surface area contributed by atoms with Gasteiger partial charge in [-0.25, -0.2) is 4.79 Å². The zero-order valence-corrected chi connectivity index (χ0v) is 21.7. The Morgan fingerprint density at radius 3 is 1.63 bits per heavy atom. The number of hydrogen-bond acceptors (Lipinski definition) is 5. The molecule has 0 atom stereocenters. The van der Waals surface area contributed by atoms with E-state index >= 15 is 0 Å². The van der Waals surface area contributed by atoms with Crippen LogP contribution in [0, 0.1) is 0 Å². The number of aliphatic hydroxyl groups is 2. The molecule has 0 heterocycles. The van der Waals surface area contributed by atoms with Crippen molar-refractivity contribution in [2.24, 2.45) is 0 Å². The number of halogens is 6. The van der Waals surface area contributed by atoms with Crippen LogP contribution < -0.4 is 20.1 Å². The Hall–Kier alpha value is -3.97. The van der Waals surface area contributed by atoms with Gasteiger partial charge in [0.15, 0.2) is 0 Å². The van der Waals surface area contributed by atoms with Gasteiger partial charge < -0.3 is 30.3 Å². The van der Waals surface area contributed by atoms with Crippen molar-refractivity contribution in [3.05, 3.63) is 95.6 Å². The maximum atomic E-state index is 13.4. The van der Waals surface area contributed by atoms with Gasteiger partial charge >= 0.3 is 18.8 Å². The number of nitrogens with one attached hydrogen (secondary N) is 2. The largest absolute Gasteiger partial charge is 0.573 e. The summed E-state index contributed by atoms with van der Waals surface area (Å²) >= 11 is 0. The lowest BCUT2D eigenvalue weighted by molar-refractivity contribution is -0.275. The highest BCUT2D eigenvalue weighted by Crippen LogP contribution is 2.38. The van der Waals surface area contributed by atoms with Crippen LogP contribution in [0.1, 0.15) is 30.0 Å². The van der Waals surface area contributed by atoms with Gasteiger partial charge in [0.05, 0.1) is 24.3 Å². The van der Waals surface area contributed by atoms with Crippen LogP contribution in [-0.2, 0) is 12.0 Å². The number of carbonyl (C=O) groups is 1. The molecule has 0 unspecified atom stereocenters. The van der Waals surface area contributed by atoms with E-state index in [9.17, 15) is 41.4 Å². The van der Waals surface area contributed by atoms with E-state index in [1.807, 2.05) is 0 Å². The summed E-state index contributed by atoms with van der Waals surface area (Å²) in [5, 5.41) is 24.9. The summed E-state index contributed by atoms with van der Waals surface area (Å²) in [6.45, 7) is 0.297. The molecule has 0 aliphatic carbocycles. The quantitative estimate of drug-likeness (QED) is 0.226. The van der Waals surface area contributed by atoms with Crippen LogP contribution in [0.25, 0.3) is 0 Å². The molecular weight excluding hydrogens is 558 g/mol. The third kappa shape index (κ3) is 8.51. The molecule has 41 heavy (non-hydrogen) atoms. The number of aliphatic hydroxyl groups excluding tert-OH is 2. The molecule has 0 fully saturated rings. The average Bonchev–Trinajstić information content (AvgIpc) is 2.90. The molecule has 0 spiro atoms. The third-order valence-electron chi connectivity index (χ3n) is 6.42. The first-order valence-corrected chi connectivity index (χ1v) is 12.3. The summed E-state index contributed by atoms with van der Waals surface area (Å²) in [7, 11) is 0. The number of benzene rings is 3. The number of carbonyl (C=O) groups excluding carboxylic acids is 1. The maximum absolute atomic E-state index is 13.4. The van der Waals surface area contributed by atoms with Crippen molar-refractivity contribution in [2.75, 3.05) is 13.2 Å². The number of urea groups is 1. The van der Waals surface area contributed by atoms with Gasteiger partial charge in [-0.1, -0.05) is 61.5 Å². The van der Waals surface area contributed by atoms with E-state index in [4.69, 9.17) is 0 Å². The van der Waals surface area contributed by atoms with Crippen LogP contribution in [0.15, 0.2) is 78.9 Å². The second-order valence-electron chi connectivity index (χ2n) is 9.25. The lowest BCUT2D eigenvalue weighted by Crippen LogP contribution is -2.60. The number of amides is 2. The van der Waals surface area contributed by atoms with Crippen LogP contribution in [0.4, 0.5) is 31.1 Å². The van der Waals surface area contributed by atoms with E-state index in [0.717, 1.165) is 24.3 Å². The summed E-state index contributed by atoms with van der Waals surface area (Å²) in [6, 6.07) is 16.8. The second-order valence-corrected chi connectivity index (χ2v) is 9.25.